The summed E-state index contributed by atoms with van der Waals surface area (Å²) >= 11 is 0. The zero-order valence-corrected chi connectivity index (χ0v) is 14.5. The Labute approximate surface area is 153 Å². The number of rotatable bonds is 5. The van der Waals surface area contributed by atoms with Gasteiger partial charge in [0, 0.05) is 0 Å². The number of amides is 1. The van der Waals surface area contributed by atoms with Gasteiger partial charge in [-0.15, -0.1) is 0 Å². The monoisotopic (exact) mass is 375 g/mol. The molecule has 1 aromatic rings. The quantitative estimate of drug-likeness (QED) is 0.573. The van der Waals surface area contributed by atoms with Crippen LogP contribution in [0.2, 0.25) is 0 Å². The number of esters is 2. The van der Waals surface area contributed by atoms with E-state index in [9.17, 15) is 24.3 Å². The second-order valence-corrected chi connectivity index (χ2v) is 6.07. The van der Waals surface area contributed by atoms with E-state index >= 15 is 0 Å². The van der Waals surface area contributed by atoms with E-state index in [4.69, 9.17) is 4.74 Å². The van der Waals surface area contributed by atoms with Gasteiger partial charge in [0.15, 0.2) is 0 Å². The highest BCUT2D eigenvalue weighted by Crippen LogP contribution is 2.40. The molecule has 1 aromatic carbocycles. The molecular weight excluding hydrogens is 358 g/mol. The van der Waals surface area contributed by atoms with Crippen molar-refractivity contribution in [2.75, 3.05) is 19.5 Å². The molecule has 0 saturated carbocycles. The Balaban J connectivity index is 1.92. The number of anilines is 1. The summed E-state index contributed by atoms with van der Waals surface area (Å²) < 4.78 is 14.8. The molecule has 0 radical (unpaired) electrons. The molecule has 2 bridgehead atoms. The Morgan fingerprint density at radius 2 is 1.63 bits per heavy atom. The summed E-state index contributed by atoms with van der Waals surface area (Å²) in [5, 5.41) is 12.0. The van der Waals surface area contributed by atoms with Crippen LogP contribution >= 0.6 is 0 Å². The number of benzene rings is 1. The van der Waals surface area contributed by atoms with E-state index in [1.54, 1.807) is 12.2 Å². The van der Waals surface area contributed by atoms with Crippen LogP contribution in [-0.4, -0.2) is 55.3 Å². The number of methoxy groups -OCH3 is 2. The molecular formula is C18H17NO8. The standard InChI is InChI=1S/C18H17NO8/c1-25-17(23)8-3-4-9(18(24)26-2)10(7-8)19-15(20)13-11-5-6-12(27-11)14(13)16(21)22/h3-7,11-14H,1-2H3,(H,19,20)(H,21,22). The van der Waals surface area contributed by atoms with E-state index in [1.807, 2.05) is 0 Å². The van der Waals surface area contributed by atoms with E-state index in [0.717, 1.165) is 0 Å². The number of carbonyl (C=O) groups is 4. The highest BCUT2D eigenvalue weighted by Gasteiger charge is 2.53. The molecule has 9 heteroatoms. The van der Waals surface area contributed by atoms with Gasteiger partial charge in [0.05, 0.1) is 49.2 Å². The van der Waals surface area contributed by atoms with Crippen LogP contribution in [0.5, 0.6) is 0 Å². The third kappa shape index (κ3) is 3.28. The van der Waals surface area contributed by atoms with Crippen LogP contribution in [0.1, 0.15) is 20.7 Å². The van der Waals surface area contributed by atoms with Crippen molar-refractivity contribution in [3.8, 4) is 0 Å². The first-order valence-corrected chi connectivity index (χ1v) is 8.05. The van der Waals surface area contributed by atoms with Gasteiger partial charge < -0.3 is 24.6 Å². The predicted molar refractivity (Wildman–Crippen MR) is 90.2 cm³/mol. The van der Waals surface area contributed by atoms with E-state index in [0.29, 0.717) is 0 Å². The summed E-state index contributed by atoms with van der Waals surface area (Å²) in [6.07, 6.45) is 1.91. The number of aliphatic carboxylic acids is 1. The summed E-state index contributed by atoms with van der Waals surface area (Å²) in [6.45, 7) is 0. The van der Waals surface area contributed by atoms with Crippen molar-refractivity contribution in [1.82, 2.24) is 0 Å². The van der Waals surface area contributed by atoms with Crippen molar-refractivity contribution in [2.24, 2.45) is 11.8 Å². The van der Waals surface area contributed by atoms with Gasteiger partial charge in [0.25, 0.3) is 0 Å². The lowest BCUT2D eigenvalue weighted by atomic mass is 9.82. The van der Waals surface area contributed by atoms with E-state index in [-0.39, 0.29) is 16.8 Å². The lowest BCUT2D eigenvalue weighted by molar-refractivity contribution is -0.145. The fraction of sp³-hybridized carbons (Fsp3) is 0.333. The normalized spacial score (nSPS) is 25.1. The number of hydrogen-bond acceptors (Lipinski definition) is 7. The third-order valence-corrected chi connectivity index (χ3v) is 4.59. The van der Waals surface area contributed by atoms with Gasteiger partial charge in [-0.2, -0.15) is 0 Å². The Bertz CT molecular complexity index is 846. The van der Waals surface area contributed by atoms with Crippen LogP contribution in [0.3, 0.4) is 0 Å². The summed E-state index contributed by atoms with van der Waals surface area (Å²) in [7, 11) is 2.38. The summed E-state index contributed by atoms with van der Waals surface area (Å²) in [4.78, 5) is 48.0. The lowest BCUT2D eigenvalue weighted by Crippen LogP contribution is -2.39. The molecule has 142 valence electrons. The molecule has 9 nitrogen and oxygen atoms in total. The fourth-order valence-corrected chi connectivity index (χ4v) is 3.31. The average molecular weight is 375 g/mol. The number of nitrogens with one attached hydrogen (secondary N) is 1. The predicted octanol–water partition coefficient (Wildman–Crippen LogP) is 0.852. The highest BCUT2D eigenvalue weighted by molar-refractivity contribution is 6.05. The minimum Gasteiger partial charge on any atom is -0.481 e. The molecule has 0 aliphatic carbocycles. The van der Waals surface area contributed by atoms with Crippen molar-refractivity contribution < 1.29 is 38.5 Å². The topological polar surface area (TPSA) is 128 Å². The Kier molecular flexibility index (Phi) is 4.95. The van der Waals surface area contributed by atoms with Crippen LogP contribution in [0.4, 0.5) is 5.69 Å². The fourth-order valence-electron chi connectivity index (χ4n) is 3.31. The molecule has 27 heavy (non-hydrogen) atoms. The largest absolute Gasteiger partial charge is 0.481 e. The van der Waals surface area contributed by atoms with Gasteiger partial charge in [-0.1, -0.05) is 12.2 Å². The van der Waals surface area contributed by atoms with Crippen molar-refractivity contribution in [2.45, 2.75) is 12.2 Å². The van der Waals surface area contributed by atoms with Crippen molar-refractivity contribution in [3.63, 3.8) is 0 Å². The first kappa shape index (κ1) is 18.6. The minimum absolute atomic E-state index is 0.0185. The smallest absolute Gasteiger partial charge is 0.339 e. The molecule has 2 aliphatic heterocycles. The van der Waals surface area contributed by atoms with Crippen LogP contribution < -0.4 is 5.32 Å². The molecule has 2 N–H and O–H groups in total. The number of carbonyl (C=O) groups excluding carboxylic acids is 3. The van der Waals surface area contributed by atoms with E-state index < -0.39 is 47.9 Å². The van der Waals surface area contributed by atoms with Crippen LogP contribution in [0, 0.1) is 11.8 Å². The van der Waals surface area contributed by atoms with Gasteiger partial charge >= 0.3 is 17.9 Å². The maximum atomic E-state index is 12.8. The number of carboxylic acid groups (broad SMARTS) is 1. The maximum absolute atomic E-state index is 12.8. The average Bonchev–Trinajstić information content (AvgIpc) is 3.28. The molecule has 1 amide bonds. The summed E-state index contributed by atoms with van der Waals surface area (Å²) in [5.74, 6) is -5.16. The molecule has 2 heterocycles. The summed E-state index contributed by atoms with van der Waals surface area (Å²) in [5.41, 5.74) is 0.148. The van der Waals surface area contributed by atoms with Gasteiger partial charge in [-0.05, 0) is 18.2 Å². The molecule has 0 spiro atoms. The van der Waals surface area contributed by atoms with Crippen molar-refractivity contribution in [1.29, 1.82) is 0 Å². The Hall–Kier alpha value is -3.20. The molecule has 3 rings (SSSR count). The zero-order valence-electron chi connectivity index (χ0n) is 14.5. The number of fused-ring (bicyclic) bond motifs is 2. The van der Waals surface area contributed by atoms with Gasteiger partial charge in [-0.3, -0.25) is 9.59 Å². The molecule has 1 saturated heterocycles. The van der Waals surface area contributed by atoms with E-state index in [2.05, 4.69) is 14.8 Å². The Morgan fingerprint density at radius 1 is 1.00 bits per heavy atom. The van der Waals surface area contributed by atoms with Crippen LogP contribution in [0.15, 0.2) is 30.4 Å². The molecule has 4 unspecified atom stereocenters. The van der Waals surface area contributed by atoms with Crippen molar-refractivity contribution >= 4 is 29.5 Å². The van der Waals surface area contributed by atoms with Gasteiger partial charge in [0.2, 0.25) is 5.91 Å². The lowest BCUT2D eigenvalue weighted by Gasteiger charge is -2.21. The second-order valence-electron chi connectivity index (χ2n) is 6.07. The highest BCUT2D eigenvalue weighted by atomic mass is 16.5. The van der Waals surface area contributed by atoms with Crippen molar-refractivity contribution in [3.05, 3.63) is 41.5 Å². The van der Waals surface area contributed by atoms with Crippen LogP contribution in [-0.2, 0) is 23.8 Å². The maximum Gasteiger partial charge on any atom is 0.339 e. The van der Waals surface area contributed by atoms with Gasteiger partial charge in [0.1, 0.15) is 5.92 Å². The third-order valence-electron chi connectivity index (χ3n) is 4.59. The Morgan fingerprint density at radius 3 is 2.22 bits per heavy atom. The van der Waals surface area contributed by atoms with E-state index in [1.165, 1.54) is 32.4 Å². The zero-order chi connectivity index (χ0) is 19.7. The molecule has 1 fully saturated rings. The molecule has 4 atom stereocenters. The molecule has 2 aliphatic rings. The number of carboxylic acids is 1. The second kappa shape index (κ2) is 7.20. The van der Waals surface area contributed by atoms with Crippen LogP contribution in [0.25, 0.3) is 0 Å². The van der Waals surface area contributed by atoms with Gasteiger partial charge in [-0.25, -0.2) is 9.59 Å². The SMILES string of the molecule is COC(=O)c1ccc(C(=O)OC)c(NC(=O)C2C3C=CC(O3)C2C(=O)O)c1. The first-order chi connectivity index (χ1) is 12.9. The minimum atomic E-state index is -1.15. The molecule has 0 aromatic heterocycles. The number of hydrogen-bond donors (Lipinski definition) is 2. The number of ether oxygens (including phenoxy) is 3. The summed E-state index contributed by atoms with van der Waals surface area (Å²) in [6, 6.07) is 3.95. The first-order valence-electron chi connectivity index (χ1n) is 8.05.